The van der Waals surface area contributed by atoms with Gasteiger partial charge in [-0.05, 0) is 38.5 Å². The molecule has 0 bridgehead atoms. The van der Waals surface area contributed by atoms with Crippen LogP contribution in [0.25, 0.3) is 5.69 Å². The number of esters is 1. The molecule has 0 amide bonds. The molecule has 3 aromatic rings. The summed E-state index contributed by atoms with van der Waals surface area (Å²) in [6.07, 6.45) is 1.58. The van der Waals surface area contributed by atoms with E-state index in [0.29, 0.717) is 5.56 Å². The normalized spacial score (nSPS) is 10.5. The SMILES string of the molecule is CCOC(=O)c1nn(-c2ccccc2)cc1OCC(=O)c1ccc(C)cc1C. The van der Waals surface area contributed by atoms with E-state index in [-0.39, 0.29) is 30.4 Å². The second kappa shape index (κ2) is 8.52. The summed E-state index contributed by atoms with van der Waals surface area (Å²) in [7, 11) is 0. The number of carbonyl (C=O) groups excluding carboxylic acids is 2. The first-order valence-corrected chi connectivity index (χ1v) is 9.05. The summed E-state index contributed by atoms with van der Waals surface area (Å²) < 4.78 is 12.3. The Hall–Kier alpha value is -3.41. The lowest BCUT2D eigenvalue weighted by Gasteiger charge is -2.08. The predicted octanol–water partition coefficient (Wildman–Crippen LogP) is 3.93. The first-order valence-electron chi connectivity index (χ1n) is 9.05. The van der Waals surface area contributed by atoms with E-state index in [1.54, 1.807) is 19.2 Å². The third-order valence-electron chi connectivity index (χ3n) is 4.21. The fraction of sp³-hybridized carbons (Fsp3) is 0.227. The van der Waals surface area contributed by atoms with Crippen molar-refractivity contribution in [3.8, 4) is 11.4 Å². The summed E-state index contributed by atoms with van der Waals surface area (Å²) in [6.45, 7) is 5.60. The Kier molecular flexibility index (Phi) is 5.89. The minimum absolute atomic E-state index is 0.0409. The minimum atomic E-state index is -0.592. The van der Waals surface area contributed by atoms with Gasteiger partial charge in [-0.3, -0.25) is 4.79 Å². The van der Waals surface area contributed by atoms with E-state index < -0.39 is 5.97 Å². The van der Waals surface area contributed by atoms with Gasteiger partial charge < -0.3 is 9.47 Å². The monoisotopic (exact) mass is 378 g/mol. The molecular weight excluding hydrogens is 356 g/mol. The molecule has 0 saturated carbocycles. The van der Waals surface area contributed by atoms with Gasteiger partial charge in [0.1, 0.15) is 0 Å². The highest BCUT2D eigenvalue weighted by Gasteiger charge is 2.21. The number of aromatic nitrogens is 2. The van der Waals surface area contributed by atoms with Crippen molar-refractivity contribution in [3.05, 3.63) is 77.1 Å². The molecular formula is C22H22N2O4. The molecule has 0 aliphatic rings. The molecule has 144 valence electrons. The van der Waals surface area contributed by atoms with Crippen molar-refractivity contribution >= 4 is 11.8 Å². The molecule has 0 aliphatic carbocycles. The van der Waals surface area contributed by atoms with Crippen LogP contribution in [0, 0.1) is 13.8 Å². The van der Waals surface area contributed by atoms with Crippen molar-refractivity contribution in [2.24, 2.45) is 0 Å². The lowest BCUT2D eigenvalue weighted by molar-refractivity contribution is 0.0513. The van der Waals surface area contributed by atoms with Crippen molar-refractivity contribution < 1.29 is 19.1 Å². The highest BCUT2D eigenvalue weighted by molar-refractivity contribution is 5.98. The van der Waals surface area contributed by atoms with Gasteiger partial charge in [0.05, 0.1) is 18.5 Å². The van der Waals surface area contributed by atoms with E-state index in [2.05, 4.69) is 5.10 Å². The summed E-state index contributed by atoms with van der Waals surface area (Å²) in [5.41, 5.74) is 3.38. The van der Waals surface area contributed by atoms with Gasteiger partial charge in [-0.2, -0.15) is 5.10 Å². The van der Waals surface area contributed by atoms with Gasteiger partial charge in [0.2, 0.25) is 5.69 Å². The zero-order chi connectivity index (χ0) is 20.1. The second-order valence-electron chi connectivity index (χ2n) is 6.37. The topological polar surface area (TPSA) is 70.4 Å². The van der Waals surface area contributed by atoms with Crippen molar-refractivity contribution in [1.82, 2.24) is 9.78 Å². The van der Waals surface area contributed by atoms with Crippen molar-refractivity contribution in [2.45, 2.75) is 20.8 Å². The number of hydrogen-bond acceptors (Lipinski definition) is 5. The molecule has 28 heavy (non-hydrogen) atoms. The van der Waals surface area contributed by atoms with E-state index in [1.165, 1.54) is 4.68 Å². The Bertz CT molecular complexity index is 993. The van der Waals surface area contributed by atoms with Crippen molar-refractivity contribution in [2.75, 3.05) is 13.2 Å². The standard InChI is InChI=1S/C22H22N2O4/c1-4-27-22(26)21-20(13-24(23-21)17-8-6-5-7-9-17)28-14-19(25)18-11-10-15(2)12-16(18)3/h5-13H,4,14H2,1-3H3. The first kappa shape index (κ1) is 19.4. The number of Topliss-reactive ketones (excluding diaryl/α,β-unsaturated/α-hetero) is 1. The fourth-order valence-corrected chi connectivity index (χ4v) is 2.87. The average Bonchev–Trinajstić information content (AvgIpc) is 3.11. The molecule has 0 atom stereocenters. The van der Waals surface area contributed by atoms with Crippen LogP contribution in [0.4, 0.5) is 0 Å². The van der Waals surface area contributed by atoms with Crippen LogP contribution in [0.1, 0.15) is 38.9 Å². The van der Waals surface area contributed by atoms with Crippen molar-refractivity contribution in [3.63, 3.8) is 0 Å². The number of ether oxygens (including phenoxy) is 2. The van der Waals surface area contributed by atoms with Gasteiger partial charge in [0.25, 0.3) is 0 Å². The zero-order valence-corrected chi connectivity index (χ0v) is 16.1. The molecule has 1 heterocycles. The molecule has 1 aromatic heterocycles. The number of rotatable bonds is 7. The second-order valence-corrected chi connectivity index (χ2v) is 6.37. The molecule has 2 aromatic carbocycles. The molecule has 0 aliphatic heterocycles. The van der Waals surface area contributed by atoms with Gasteiger partial charge in [-0.25, -0.2) is 9.48 Å². The number of benzene rings is 2. The van der Waals surface area contributed by atoms with Crippen LogP contribution in [0.15, 0.2) is 54.7 Å². The summed E-state index contributed by atoms with van der Waals surface area (Å²) in [4.78, 5) is 24.8. The largest absolute Gasteiger partial charge is 0.481 e. The molecule has 6 heteroatoms. The Labute approximate surface area is 163 Å². The van der Waals surface area contributed by atoms with Crippen LogP contribution in [0.5, 0.6) is 5.75 Å². The number of nitrogens with zero attached hydrogens (tertiary/aromatic N) is 2. The maximum absolute atomic E-state index is 12.6. The van der Waals surface area contributed by atoms with Gasteiger partial charge in [-0.1, -0.05) is 42.0 Å². The molecule has 0 unspecified atom stereocenters. The Morgan fingerprint density at radius 2 is 1.82 bits per heavy atom. The number of hydrogen-bond donors (Lipinski definition) is 0. The Morgan fingerprint density at radius 3 is 2.50 bits per heavy atom. The molecule has 3 rings (SSSR count). The maximum atomic E-state index is 12.6. The lowest BCUT2D eigenvalue weighted by Crippen LogP contribution is -2.15. The van der Waals surface area contributed by atoms with Crippen LogP contribution in [0.3, 0.4) is 0 Å². The smallest absolute Gasteiger partial charge is 0.362 e. The molecule has 0 N–H and O–H groups in total. The van der Waals surface area contributed by atoms with Crippen LogP contribution < -0.4 is 4.74 Å². The fourth-order valence-electron chi connectivity index (χ4n) is 2.87. The lowest BCUT2D eigenvalue weighted by atomic mass is 10.0. The van der Waals surface area contributed by atoms with E-state index in [4.69, 9.17) is 9.47 Å². The molecule has 6 nitrogen and oxygen atoms in total. The Morgan fingerprint density at radius 1 is 1.07 bits per heavy atom. The van der Waals surface area contributed by atoms with Crippen LogP contribution >= 0.6 is 0 Å². The van der Waals surface area contributed by atoms with Gasteiger partial charge in [0, 0.05) is 5.56 Å². The maximum Gasteiger partial charge on any atom is 0.362 e. The highest BCUT2D eigenvalue weighted by Crippen LogP contribution is 2.21. The van der Waals surface area contributed by atoms with E-state index in [1.807, 2.05) is 56.3 Å². The molecule has 0 radical (unpaired) electrons. The van der Waals surface area contributed by atoms with E-state index in [9.17, 15) is 9.59 Å². The first-order chi connectivity index (χ1) is 13.5. The van der Waals surface area contributed by atoms with Gasteiger partial charge >= 0.3 is 5.97 Å². The van der Waals surface area contributed by atoms with Crippen LogP contribution in [-0.4, -0.2) is 34.7 Å². The number of ketones is 1. The number of carbonyl (C=O) groups is 2. The molecule has 0 fully saturated rings. The third-order valence-corrected chi connectivity index (χ3v) is 4.21. The Balaban J connectivity index is 1.84. The molecule has 0 saturated heterocycles. The van der Waals surface area contributed by atoms with Crippen LogP contribution in [-0.2, 0) is 4.74 Å². The van der Waals surface area contributed by atoms with Crippen LogP contribution in [0.2, 0.25) is 0 Å². The van der Waals surface area contributed by atoms with Crippen molar-refractivity contribution in [1.29, 1.82) is 0 Å². The minimum Gasteiger partial charge on any atom is -0.481 e. The number of para-hydroxylation sites is 1. The quantitative estimate of drug-likeness (QED) is 0.460. The summed E-state index contributed by atoms with van der Waals surface area (Å²) in [5.74, 6) is -0.550. The predicted molar refractivity (Wildman–Crippen MR) is 105 cm³/mol. The summed E-state index contributed by atoms with van der Waals surface area (Å²) >= 11 is 0. The van der Waals surface area contributed by atoms with Gasteiger partial charge in [0.15, 0.2) is 18.1 Å². The summed E-state index contributed by atoms with van der Waals surface area (Å²) in [6, 6.07) is 15.0. The molecule has 0 spiro atoms. The zero-order valence-electron chi connectivity index (χ0n) is 16.1. The third kappa shape index (κ3) is 4.28. The van der Waals surface area contributed by atoms with Gasteiger partial charge in [-0.15, -0.1) is 0 Å². The number of aryl methyl sites for hydroxylation is 2. The summed E-state index contributed by atoms with van der Waals surface area (Å²) in [5, 5.41) is 4.28. The highest BCUT2D eigenvalue weighted by atomic mass is 16.5. The van der Waals surface area contributed by atoms with E-state index in [0.717, 1.165) is 16.8 Å². The average molecular weight is 378 g/mol. The van der Waals surface area contributed by atoms with E-state index >= 15 is 0 Å².